The Balaban J connectivity index is 2.20. The molecule has 0 bridgehead atoms. The molecule has 0 spiro atoms. The number of carbonyl (C=O) groups excluding carboxylic acids is 1. The lowest BCUT2D eigenvalue weighted by molar-refractivity contribution is -0.132. The lowest BCUT2D eigenvalue weighted by Gasteiger charge is -2.26. The van der Waals surface area contributed by atoms with Crippen molar-refractivity contribution in [3.05, 3.63) is 0 Å². The Morgan fingerprint density at radius 1 is 1.53 bits per heavy atom. The number of hydrogen-bond acceptors (Lipinski definition) is 3. The third-order valence-electron chi connectivity index (χ3n) is 2.69. The van der Waals surface area contributed by atoms with Crippen molar-refractivity contribution >= 4 is 5.91 Å². The maximum Gasteiger partial charge on any atom is 0.236 e. The van der Waals surface area contributed by atoms with Gasteiger partial charge in [-0.25, -0.2) is 0 Å². The van der Waals surface area contributed by atoms with Gasteiger partial charge in [-0.15, -0.1) is 0 Å². The minimum Gasteiger partial charge on any atom is -0.395 e. The minimum absolute atomic E-state index is 0.0343. The van der Waals surface area contributed by atoms with Crippen LogP contribution in [0.4, 0.5) is 0 Å². The molecule has 1 rings (SSSR count). The summed E-state index contributed by atoms with van der Waals surface area (Å²) in [6, 6.07) is 0.160. The van der Waals surface area contributed by atoms with Gasteiger partial charge >= 0.3 is 0 Å². The number of aliphatic hydroxyl groups excluding tert-OH is 1. The summed E-state index contributed by atoms with van der Waals surface area (Å²) >= 11 is 0. The molecule has 0 aliphatic heterocycles. The number of aliphatic hydroxyl groups is 1. The van der Waals surface area contributed by atoms with Gasteiger partial charge in [0, 0.05) is 12.6 Å². The number of nitrogens with one attached hydrogen (secondary N) is 1. The van der Waals surface area contributed by atoms with Crippen molar-refractivity contribution in [2.24, 2.45) is 5.92 Å². The average Bonchev–Trinajstić information content (AvgIpc) is 2.97. The van der Waals surface area contributed by atoms with E-state index in [1.165, 1.54) is 12.8 Å². The Bertz CT molecular complexity index is 203. The van der Waals surface area contributed by atoms with Crippen LogP contribution in [0.2, 0.25) is 0 Å². The quantitative estimate of drug-likeness (QED) is 0.637. The zero-order chi connectivity index (χ0) is 11.3. The molecule has 0 saturated heterocycles. The fraction of sp³-hybridized carbons (Fsp3) is 0.909. The van der Waals surface area contributed by atoms with Gasteiger partial charge in [-0.1, -0.05) is 0 Å². The molecule has 0 atom stereocenters. The summed E-state index contributed by atoms with van der Waals surface area (Å²) in [7, 11) is 0. The number of amides is 1. The molecule has 0 radical (unpaired) electrons. The molecular formula is C11H22N2O2. The third-order valence-corrected chi connectivity index (χ3v) is 2.69. The molecule has 2 N–H and O–H groups in total. The van der Waals surface area contributed by atoms with Gasteiger partial charge in [0.2, 0.25) is 5.91 Å². The predicted octanol–water partition coefficient (Wildman–Crippen LogP) is 0.215. The van der Waals surface area contributed by atoms with Crippen molar-refractivity contribution in [2.45, 2.75) is 32.7 Å². The highest BCUT2D eigenvalue weighted by atomic mass is 16.3. The second-order valence-electron chi connectivity index (χ2n) is 4.48. The number of nitrogens with zero attached hydrogens (tertiary/aromatic N) is 1. The fourth-order valence-electron chi connectivity index (χ4n) is 1.59. The van der Waals surface area contributed by atoms with Crippen LogP contribution >= 0.6 is 0 Å². The van der Waals surface area contributed by atoms with E-state index in [0.29, 0.717) is 13.1 Å². The molecule has 0 aromatic carbocycles. The highest BCUT2D eigenvalue weighted by Crippen LogP contribution is 2.27. The van der Waals surface area contributed by atoms with Crippen molar-refractivity contribution in [1.29, 1.82) is 0 Å². The van der Waals surface area contributed by atoms with E-state index in [0.717, 1.165) is 12.5 Å². The summed E-state index contributed by atoms with van der Waals surface area (Å²) in [4.78, 5) is 13.4. The Morgan fingerprint density at radius 3 is 2.67 bits per heavy atom. The van der Waals surface area contributed by atoms with E-state index in [1.54, 1.807) is 4.90 Å². The Labute approximate surface area is 91.6 Å². The first-order chi connectivity index (χ1) is 7.15. The van der Waals surface area contributed by atoms with E-state index in [-0.39, 0.29) is 18.6 Å². The molecule has 0 aromatic heterocycles. The molecule has 0 unspecified atom stereocenters. The van der Waals surface area contributed by atoms with Crippen molar-refractivity contribution in [3.63, 3.8) is 0 Å². The van der Waals surface area contributed by atoms with Crippen LogP contribution in [0.3, 0.4) is 0 Å². The van der Waals surface area contributed by atoms with Gasteiger partial charge in [0.05, 0.1) is 13.2 Å². The van der Waals surface area contributed by atoms with Crippen LogP contribution in [-0.2, 0) is 4.79 Å². The van der Waals surface area contributed by atoms with Crippen LogP contribution < -0.4 is 5.32 Å². The number of hydrogen-bond donors (Lipinski definition) is 2. The van der Waals surface area contributed by atoms with Crippen molar-refractivity contribution in [1.82, 2.24) is 10.2 Å². The van der Waals surface area contributed by atoms with Gasteiger partial charge < -0.3 is 15.3 Å². The summed E-state index contributed by atoms with van der Waals surface area (Å²) < 4.78 is 0. The van der Waals surface area contributed by atoms with Crippen LogP contribution in [0.15, 0.2) is 0 Å². The standard InChI is InChI=1S/C11H22N2O2/c1-9(2)13(5-6-14)11(15)8-12-7-10-3-4-10/h9-10,12,14H,3-8H2,1-2H3. The molecular weight excluding hydrogens is 192 g/mol. The smallest absolute Gasteiger partial charge is 0.236 e. The molecule has 1 saturated carbocycles. The van der Waals surface area contributed by atoms with E-state index in [4.69, 9.17) is 5.11 Å². The molecule has 15 heavy (non-hydrogen) atoms. The van der Waals surface area contributed by atoms with Crippen molar-refractivity contribution < 1.29 is 9.90 Å². The van der Waals surface area contributed by atoms with E-state index in [1.807, 2.05) is 13.8 Å². The third kappa shape index (κ3) is 4.62. The maximum absolute atomic E-state index is 11.7. The summed E-state index contributed by atoms with van der Waals surface area (Å²) in [5, 5.41) is 12.0. The minimum atomic E-state index is 0.0343. The van der Waals surface area contributed by atoms with Gasteiger partial charge in [-0.2, -0.15) is 0 Å². The van der Waals surface area contributed by atoms with E-state index < -0.39 is 0 Å². The van der Waals surface area contributed by atoms with Gasteiger partial charge in [-0.05, 0) is 39.2 Å². The van der Waals surface area contributed by atoms with Gasteiger partial charge in [0.15, 0.2) is 0 Å². The van der Waals surface area contributed by atoms with Crippen LogP contribution in [0.25, 0.3) is 0 Å². The summed E-state index contributed by atoms with van der Waals surface area (Å²) in [5.74, 6) is 0.878. The summed E-state index contributed by atoms with van der Waals surface area (Å²) in [6.07, 6.45) is 2.59. The molecule has 1 aliphatic rings. The van der Waals surface area contributed by atoms with E-state index in [9.17, 15) is 4.79 Å². The number of rotatable bonds is 7. The predicted molar refractivity (Wildman–Crippen MR) is 59.5 cm³/mol. The molecule has 4 nitrogen and oxygen atoms in total. The molecule has 1 aliphatic carbocycles. The second-order valence-corrected chi connectivity index (χ2v) is 4.48. The Hall–Kier alpha value is -0.610. The van der Waals surface area contributed by atoms with Gasteiger partial charge in [-0.3, -0.25) is 4.79 Å². The van der Waals surface area contributed by atoms with Crippen LogP contribution in [-0.4, -0.2) is 48.2 Å². The first kappa shape index (κ1) is 12.5. The van der Waals surface area contributed by atoms with E-state index in [2.05, 4.69) is 5.32 Å². The first-order valence-electron chi connectivity index (χ1n) is 5.76. The van der Waals surface area contributed by atoms with Gasteiger partial charge in [0.1, 0.15) is 0 Å². The number of carbonyl (C=O) groups is 1. The molecule has 1 amide bonds. The largest absolute Gasteiger partial charge is 0.395 e. The van der Waals surface area contributed by atoms with Crippen molar-refractivity contribution in [2.75, 3.05) is 26.2 Å². The molecule has 0 heterocycles. The SMILES string of the molecule is CC(C)N(CCO)C(=O)CNCC1CC1. The maximum atomic E-state index is 11.7. The van der Waals surface area contributed by atoms with Crippen LogP contribution in [0.1, 0.15) is 26.7 Å². The summed E-state index contributed by atoms with van der Waals surface area (Å²) in [6.45, 7) is 5.75. The lowest BCUT2D eigenvalue weighted by Crippen LogP contribution is -2.44. The highest BCUT2D eigenvalue weighted by Gasteiger charge is 2.21. The normalized spacial score (nSPS) is 15.7. The lowest BCUT2D eigenvalue weighted by atomic mass is 10.3. The Kier molecular flexibility index (Phi) is 5.05. The van der Waals surface area contributed by atoms with Crippen LogP contribution in [0.5, 0.6) is 0 Å². The zero-order valence-electron chi connectivity index (χ0n) is 9.70. The molecule has 1 fully saturated rings. The second kappa shape index (κ2) is 6.08. The fourth-order valence-corrected chi connectivity index (χ4v) is 1.59. The summed E-state index contributed by atoms with van der Waals surface area (Å²) in [5.41, 5.74) is 0. The van der Waals surface area contributed by atoms with Gasteiger partial charge in [0.25, 0.3) is 0 Å². The van der Waals surface area contributed by atoms with Crippen molar-refractivity contribution in [3.8, 4) is 0 Å². The molecule has 4 heteroatoms. The topological polar surface area (TPSA) is 52.6 Å². The van der Waals surface area contributed by atoms with Crippen LogP contribution in [0, 0.1) is 5.92 Å². The monoisotopic (exact) mass is 214 g/mol. The first-order valence-corrected chi connectivity index (χ1v) is 5.76. The molecule has 88 valence electrons. The average molecular weight is 214 g/mol. The highest BCUT2D eigenvalue weighted by molar-refractivity contribution is 5.78. The molecule has 0 aromatic rings. The Morgan fingerprint density at radius 2 is 2.20 bits per heavy atom. The van der Waals surface area contributed by atoms with E-state index >= 15 is 0 Å². The zero-order valence-corrected chi connectivity index (χ0v) is 9.70.